The smallest absolute Gasteiger partial charge is 0.0743 e. The molecule has 0 saturated heterocycles. The van der Waals surface area contributed by atoms with Crippen LogP contribution in [0.1, 0.15) is 101 Å². The summed E-state index contributed by atoms with van der Waals surface area (Å²) < 4.78 is 0. The largest absolute Gasteiger partial charge is 0.286 e. The molecule has 3 heteroatoms. The van der Waals surface area contributed by atoms with Gasteiger partial charge in [-0.1, -0.05) is 91.8 Å². The van der Waals surface area contributed by atoms with Crippen molar-refractivity contribution in [2.75, 3.05) is 6.54 Å². The number of hydrogen-bond donors (Lipinski definition) is 0. The normalized spacial score (nSPS) is 12.8. The molecule has 0 aromatic heterocycles. The molecule has 0 aliphatic rings. The molecule has 0 saturated carbocycles. The Morgan fingerprint density at radius 2 is 0.968 bits per heavy atom. The lowest BCUT2D eigenvalue weighted by Crippen LogP contribution is -1.96. The maximum atomic E-state index is 4.80. The third-order valence-corrected chi connectivity index (χ3v) is 5.47. The summed E-state index contributed by atoms with van der Waals surface area (Å²) in [6.07, 6.45) is 5.49. The van der Waals surface area contributed by atoms with Gasteiger partial charge in [-0.15, -0.1) is 0 Å². The number of nitrogens with zero attached hydrogens (tertiary/aromatic N) is 3. The van der Waals surface area contributed by atoms with Crippen LogP contribution >= 0.6 is 0 Å². The highest BCUT2D eigenvalue weighted by molar-refractivity contribution is 6.17. The summed E-state index contributed by atoms with van der Waals surface area (Å²) in [6, 6.07) is 13.0. The predicted octanol–water partition coefficient (Wildman–Crippen LogP) is 8.36. The summed E-state index contributed by atoms with van der Waals surface area (Å²) in [5.74, 6) is 1.76. The lowest BCUT2D eigenvalue weighted by Gasteiger charge is -2.16. The fourth-order valence-electron chi connectivity index (χ4n) is 3.72. The minimum absolute atomic E-state index is 0.436. The third-order valence-electron chi connectivity index (χ3n) is 5.47. The summed E-state index contributed by atoms with van der Waals surface area (Å²) in [7, 11) is 0. The second-order valence-corrected chi connectivity index (χ2v) is 9.29. The summed E-state index contributed by atoms with van der Waals surface area (Å²) in [4.78, 5) is 14.0. The number of para-hydroxylation sites is 2. The first-order valence-electron chi connectivity index (χ1n) is 11.5. The molecule has 0 aliphatic carbocycles. The van der Waals surface area contributed by atoms with Crippen molar-refractivity contribution in [2.24, 2.45) is 15.0 Å². The molecule has 2 aromatic carbocycles. The Morgan fingerprint density at radius 3 is 1.35 bits per heavy atom. The highest BCUT2D eigenvalue weighted by Crippen LogP contribution is 2.35. The van der Waals surface area contributed by atoms with E-state index in [9.17, 15) is 0 Å². The van der Waals surface area contributed by atoms with E-state index in [0.717, 1.165) is 11.4 Å². The second-order valence-electron chi connectivity index (χ2n) is 9.29. The van der Waals surface area contributed by atoms with Crippen LogP contribution in [0.3, 0.4) is 0 Å². The van der Waals surface area contributed by atoms with E-state index in [1.807, 2.05) is 12.4 Å². The van der Waals surface area contributed by atoms with E-state index in [0.29, 0.717) is 30.2 Å². The number of rotatable bonds is 9. The molecule has 0 aliphatic heterocycles. The first-order valence-corrected chi connectivity index (χ1v) is 11.5. The van der Waals surface area contributed by atoms with Gasteiger partial charge in [-0.2, -0.15) is 0 Å². The van der Waals surface area contributed by atoms with Crippen LogP contribution < -0.4 is 0 Å². The van der Waals surface area contributed by atoms with Gasteiger partial charge in [0.25, 0.3) is 0 Å². The monoisotopic (exact) mass is 417 g/mol. The van der Waals surface area contributed by atoms with Gasteiger partial charge >= 0.3 is 0 Å². The standard InChI is InChI=1S/C28H39N3/c1-19(2)23-11-9-12-24(20(3)4)27(23)30-17-15-29-16-18-31-28-25(21(5)6)13-10-14-26(28)22(7)8/h9-15,17-22H,16H2,1-8H3. The zero-order chi connectivity index (χ0) is 23.0. The van der Waals surface area contributed by atoms with Gasteiger partial charge in [0.1, 0.15) is 0 Å². The molecule has 0 N–H and O–H groups in total. The first-order chi connectivity index (χ1) is 14.7. The van der Waals surface area contributed by atoms with Crippen molar-refractivity contribution in [3.63, 3.8) is 0 Å². The van der Waals surface area contributed by atoms with Gasteiger partial charge in [0, 0.05) is 18.6 Å². The fraction of sp³-hybridized carbons (Fsp3) is 0.464. The molecule has 2 rings (SSSR count). The molecule has 3 nitrogen and oxygen atoms in total. The number of benzene rings is 2. The lowest BCUT2D eigenvalue weighted by molar-refractivity contribution is 0.834. The van der Waals surface area contributed by atoms with Gasteiger partial charge in [-0.05, 0) is 45.9 Å². The van der Waals surface area contributed by atoms with E-state index in [1.165, 1.54) is 22.3 Å². The van der Waals surface area contributed by atoms with Crippen LogP contribution in [0.25, 0.3) is 0 Å². The Labute approximate surface area is 189 Å². The molecule has 0 amide bonds. The van der Waals surface area contributed by atoms with Crippen molar-refractivity contribution in [3.8, 4) is 0 Å². The van der Waals surface area contributed by atoms with Crippen molar-refractivity contribution >= 4 is 30.0 Å². The SMILES string of the molecule is CC(C)c1cccc(C(C)C)c1N=CC=NCC=Nc1c(C(C)C)cccc1C(C)C. The van der Waals surface area contributed by atoms with Crippen molar-refractivity contribution in [1.29, 1.82) is 0 Å². The molecule has 2 aromatic rings. The molecule has 31 heavy (non-hydrogen) atoms. The highest BCUT2D eigenvalue weighted by Gasteiger charge is 2.13. The molecule has 166 valence electrons. The van der Waals surface area contributed by atoms with Gasteiger partial charge in [-0.3, -0.25) is 15.0 Å². The first kappa shape index (κ1) is 24.7. The van der Waals surface area contributed by atoms with Crippen LogP contribution in [-0.2, 0) is 0 Å². The Kier molecular flexibility index (Phi) is 9.36. The maximum absolute atomic E-state index is 4.80. The molecule has 0 spiro atoms. The maximum Gasteiger partial charge on any atom is 0.0743 e. The zero-order valence-corrected chi connectivity index (χ0v) is 20.6. The van der Waals surface area contributed by atoms with Crippen LogP contribution in [0.4, 0.5) is 11.4 Å². The zero-order valence-electron chi connectivity index (χ0n) is 20.6. The van der Waals surface area contributed by atoms with Crippen molar-refractivity contribution in [2.45, 2.75) is 79.1 Å². The molecular formula is C28H39N3. The van der Waals surface area contributed by atoms with E-state index in [1.54, 1.807) is 6.21 Å². The molecule has 0 heterocycles. The van der Waals surface area contributed by atoms with Crippen LogP contribution in [0.2, 0.25) is 0 Å². The predicted molar refractivity (Wildman–Crippen MR) is 139 cm³/mol. The van der Waals surface area contributed by atoms with E-state index in [4.69, 9.17) is 9.98 Å². The van der Waals surface area contributed by atoms with Gasteiger partial charge in [0.2, 0.25) is 0 Å². The summed E-state index contributed by atoms with van der Waals surface area (Å²) >= 11 is 0. The van der Waals surface area contributed by atoms with Gasteiger partial charge in [-0.25, -0.2) is 0 Å². The number of hydrogen-bond acceptors (Lipinski definition) is 3. The fourth-order valence-corrected chi connectivity index (χ4v) is 3.72. The van der Waals surface area contributed by atoms with Crippen molar-refractivity contribution in [1.82, 2.24) is 0 Å². The van der Waals surface area contributed by atoms with Crippen molar-refractivity contribution in [3.05, 3.63) is 58.7 Å². The average molecular weight is 418 g/mol. The van der Waals surface area contributed by atoms with Crippen molar-refractivity contribution < 1.29 is 0 Å². The highest BCUT2D eigenvalue weighted by atomic mass is 14.8. The van der Waals surface area contributed by atoms with Crippen LogP contribution in [0.5, 0.6) is 0 Å². The van der Waals surface area contributed by atoms with E-state index < -0.39 is 0 Å². The number of aliphatic imine (C=N–C) groups is 3. The second kappa shape index (κ2) is 11.7. The molecule has 0 radical (unpaired) electrons. The quantitative estimate of drug-likeness (QED) is 0.368. The van der Waals surface area contributed by atoms with Crippen LogP contribution in [-0.4, -0.2) is 25.2 Å². The van der Waals surface area contributed by atoms with Crippen LogP contribution in [0.15, 0.2) is 51.4 Å². The Morgan fingerprint density at radius 1 is 0.581 bits per heavy atom. The molecule has 0 fully saturated rings. The van der Waals surface area contributed by atoms with E-state index in [-0.39, 0.29) is 0 Å². The lowest BCUT2D eigenvalue weighted by atomic mass is 9.93. The molecule has 0 atom stereocenters. The minimum Gasteiger partial charge on any atom is -0.286 e. The molecule has 0 unspecified atom stereocenters. The summed E-state index contributed by atoms with van der Waals surface area (Å²) in [5, 5.41) is 0. The van der Waals surface area contributed by atoms with Crippen LogP contribution in [0, 0.1) is 0 Å². The third kappa shape index (κ3) is 6.72. The van der Waals surface area contributed by atoms with E-state index >= 15 is 0 Å². The topological polar surface area (TPSA) is 37.1 Å². The van der Waals surface area contributed by atoms with Gasteiger partial charge < -0.3 is 0 Å². The average Bonchev–Trinajstić information content (AvgIpc) is 2.72. The Bertz CT molecular complexity index is 879. The Balaban J connectivity index is 2.15. The van der Waals surface area contributed by atoms with Gasteiger partial charge in [0.05, 0.1) is 17.9 Å². The summed E-state index contributed by atoms with van der Waals surface area (Å²) in [6.45, 7) is 18.3. The summed E-state index contributed by atoms with van der Waals surface area (Å²) in [5.41, 5.74) is 7.33. The Hall–Kier alpha value is -2.55. The minimum atomic E-state index is 0.436. The van der Waals surface area contributed by atoms with Gasteiger partial charge in [0.15, 0.2) is 0 Å². The molecule has 0 bridgehead atoms. The molecular weight excluding hydrogens is 378 g/mol. The van der Waals surface area contributed by atoms with E-state index in [2.05, 4.69) is 96.8 Å².